The van der Waals surface area contributed by atoms with Gasteiger partial charge in [-0.25, -0.2) is 0 Å². The molecule has 0 bridgehead atoms. The van der Waals surface area contributed by atoms with Crippen molar-refractivity contribution >= 4 is 0 Å². The van der Waals surface area contributed by atoms with Gasteiger partial charge in [-0.2, -0.15) is 0 Å². The van der Waals surface area contributed by atoms with E-state index in [1.165, 1.54) is 32.2 Å². The molecule has 1 saturated heterocycles. The predicted octanol–water partition coefficient (Wildman–Crippen LogP) is 1.62. The highest BCUT2D eigenvalue weighted by molar-refractivity contribution is 4.75. The zero-order valence-corrected chi connectivity index (χ0v) is 10.1. The van der Waals surface area contributed by atoms with Crippen molar-refractivity contribution < 1.29 is 4.74 Å². The Kier molecular flexibility index (Phi) is 6.98. The van der Waals surface area contributed by atoms with E-state index in [1.807, 2.05) is 0 Å². The summed E-state index contributed by atoms with van der Waals surface area (Å²) in [5, 5.41) is 0. The van der Waals surface area contributed by atoms with E-state index >= 15 is 0 Å². The highest BCUT2D eigenvalue weighted by Gasteiger charge is 2.18. The van der Waals surface area contributed by atoms with E-state index in [-0.39, 0.29) is 0 Å². The first kappa shape index (κ1) is 12.9. The molecule has 1 fully saturated rings. The van der Waals surface area contributed by atoms with E-state index in [1.54, 1.807) is 0 Å². The van der Waals surface area contributed by atoms with Gasteiger partial charge in [0.15, 0.2) is 0 Å². The fourth-order valence-corrected chi connectivity index (χ4v) is 2.23. The van der Waals surface area contributed by atoms with E-state index in [0.29, 0.717) is 6.04 Å². The Morgan fingerprint density at radius 2 is 2.13 bits per heavy atom. The monoisotopic (exact) mass is 214 g/mol. The predicted molar refractivity (Wildman–Crippen MR) is 64.0 cm³/mol. The van der Waals surface area contributed by atoms with Crippen molar-refractivity contribution in [3.05, 3.63) is 0 Å². The first-order valence-corrected chi connectivity index (χ1v) is 6.40. The number of hydrogen-bond donors (Lipinski definition) is 1. The smallest absolute Gasteiger partial charge is 0.0593 e. The fourth-order valence-electron chi connectivity index (χ4n) is 2.23. The van der Waals surface area contributed by atoms with Crippen LogP contribution in [0.3, 0.4) is 0 Å². The van der Waals surface area contributed by atoms with Crippen molar-refractivity contribution in [1.29, 1.82) is 0 Å². The van der Waals surface area contributed by atoms with Gasteiger partial charge in [-0.05, 0) is 25.8 Å². The van der Waals surface area contributed by atoms with Crippen LogP contribution in [0.2, 0.25) is 0 Å². The summed E-state index contributed by atoms with van der Waals surface area (Å²) >= 11 is 0. The lowest BCUT2D eigenvalue weighted by Gasteiger charge is -2.28. The standard InChI is InChI=1S/C12H26N2O/c1-2-9-15-10-8-14-7-5-3-4-6-12(14)11-13/h12H,2-11,13H2,1H3. The van der Waals surface area contributed by atoms with E-state index in [4.69, 9.17) is 10.5 Å². The summed E-state index contributed by atoms with van der Waals surface area (Å²) in [4.78, 5) is 2.52. The SMILES string of the molecule is CCCOCCN1CCCCCC1CN. The second kappa shape index (κ2) is 8.08. The summed E-state index contributed by atoms with van der Waals surface area (Å²) in [5.74, 6) is 0. The summed E-state index contributed by atoms with van der Waals surface area (Å²) in [6.07, 6.45) is 6.41. The van der Waals surface area contributed by atoms with Crippen LogP contribution in [0, 0.1) is 0 Å². The first-order valence-electron chi connectivity index (χ1n) is 6.40. The second-order valence-electron chi connectivity index (χ2n) is 4.39. The molecular weight excluding hydrogens is 188 g/mol. The molecule has 0 aliphatic carbocycles. The molecule has 0 amide bonds. The highest BCUT2D eigenvalue weighted by Crippen LogP contribution is 2.15. The number of ether oxygens (including phenoxy) is 1. The Bertz CT molecular complexity index is 153. The highest BCUT2D eigenvalue weighted by atomic mass is 16.5. The molecule has 15 heavy (non-hydrogen) atoms. The average molecular weight is 214 g/mol. The Morgan fingerprint density at radius 1 is 1.27 bits per heavy atom. The minimum Gasteiger partial charge on any atom is -0.380 e. The molecule has 2 N–H and O–H groups in total. The van der Waals surface area contributed by atoms with Gasteiger partial charge in [-0.3, -0.25) is 4.90 Å². The number of likely N-dealkylation sites (tertiary alicyclic amines) is 1. The first-order chi connectivity index (χ1) is 7.38. The van der Waals surface area contributed by atoms with Gasteiger partial charge in [0.1, 0.15) is 0 Å². The molecule has 0 radical (unpaired) electrons. The molecule has 1 heterocycles. The van der Waals surface area contributed by atoms with Gasteiger partial charge in [0.25, 0.3) is 0 Å². The summed E-state index contributed by atoms with van der Waals surface area (Å²) in [7, 11) is 0. The van der Waals surface area contributed by atoms with Gasteiger partial charge < -0.3 is 10.5 Å². The lowest BCUT2D eigenvalue weighted by atomic mass is 10.1. The zero-order chi connectivity index (χ0) is 10.9. The maximum absolute atomic E-state index is 5.81. The Hall–Kier alpha value is -0.120. The van der Waals surface area contributed by atoms with Crippen molar-refractivity contribution in [3.63, 3.8) is 0 Å². The van der Waals surface area contributed by atoms with Gasteiger partial charge in [-0.1, -0.05) is 19.8 Å². The van der Waals surface area contributed by atoms with E-state index < -0.39 is 0 Å². The Balaban J connectivity index is 2.22. The minimum atomic E-state index is 0.595. The van der Waals surface area contributed by atoms with Crippen molar-refractivity contribution in [2.75, 3.05) is 32.8 Å². The number of rotatable bonds is 6. The maximum atomic E-state index is 5.81. The molecule has 1 unspecified atom stereocenters. The van der Waals surface area contributed by atoms with Gasteiger partial charge >= 0.3 is 0 Å². The molecule has 1 aliphatic heterocycles. The molecule has 1 rings (SSSR count). The second-order valence-corrected chi connectivity index (χ2v) is 4.39. The van der Waals surface area contributed by atoms with Crippen LogP contribution in [0.1, 0.15) is 39.0 Å². The number of nitrogens with zero attached hydrogens (tertiary/aromatic N) is 1. The lowest BCUT2D eigenvalue weighted by Crippen LogP contribution is -2.41. The molecule has 3 nitrogen and oxygen atoms in total. The topological polar surface area (TPSA) is 38.5 Å². The van der Waals surface area contributed by atoms with E-state index in [9.17, 15) is 0 Å². The Morgan fingerprint density at radius 3 is 2.87 bits per heavy atom. The van der Waals surface area contributed by atoms with Crippen molar-refractivity contribution in [2.45, 2.75) is 45.1 Å². The molecule has 0 aromatic rings. The van der Waals surface area contributed by atoms with E-state index in [2.05, 4.69) is 11.8 Å². The molecule has 90 valence electrons. The molecular formula is C12H26N2O. The van der Waals surface area contributed by atoms with Crippen LogP contribution in [0.25, 0.3) is 0 Å². The van der Waals surface area contributed by atoms with Crippen LogP contribution in [0.15, 0.2) is 0 Å². The quantitative estimate of drug-likeness (QED) is 0.683. The van der Waals surface area contributed by atoms with Crippen LogP contribution in [0.5, 0.6) is 0 Å². The van der Waals surface area contributed by atoms with Crippen molar-refractivity contribution in [3.8, 4) is 0 Å². The van der Waals surface area contributed by atoms with Crippen molar-refractivity contribution in [1.82, 2.24) is 4.90 Å². The lowest BCUT2D eigenvalue weighted by molar-refractivity contribution is 0.0892. The minimum absolute atomic E-state index is 0.595. The maximum Gasteiger partial charge on any atom is 0.0593 e. The number of nitrogens with two attached hydrogens (primary N) is 1. The van der Waals surface area contributed by atoms with Crippen LogP contribution in [-0.4, -0.2) is 43.8 Å². The normalized spacial score (nSPS) is 24.0. The number of hydrogen-bond acceptors (Lipinski definition) is 3. The van der Waals surface area contributed by atoms with Crippen LogP contribution >= 0.6 is 0 Å². The van der Waals surface area contributed by atoms with Crippen molar-refractivity contribution in [2.24, 2.45) is 5.73 Å². The summed E-state index contributed by atoms with van der Waals surface area (Å²) in [5.41, 5.74) is 5.81. The molecule has 0 spiro atoms. The van der Waals surface area contributed by atoms with Crippen LogP contribution in [0.4, 0.5) is 0 Å². The third kappa shape index (κ3) is 4.96. The fraction of sp³-hybridized carbons (Fsp3) is 1.00. The summed E-state index contributed by atoms with van der Waals surface area (Å²) in [6.45, 7) is 6.97. The summed E-state index contributed by atoms with van der Waals surface area (Å²) < 4.78 is 5.54. The largest absolute Gasteiger partial charge is 0.380 e. The molecule has 0 saturated carbocycles. The summed E-state index contributed by atoms with van der Waals surface area (Å²) in [6, 6.07) is 0.595. The zero-order valence-electron chi connectivity index (χ0n) is 10.1. The molecule has 0 aromatic heterocycles. The van der Waals surface area contributed by atoms with Crippen LogP contribution < -0.4 is 5.73 Å². The van der Waals surface area contributed by atoms with Gasteiger partial charge in [0.05, 0.1) is 6.61 Å². The molecule has 3 heteroatoms. The van der Waals surface area contributed by atoms with E-state index in [0.717, 1.165) is 32.7 Å². The molecule has 1 aliphatic rings. The molecule has 0 aromatic carbocycles. The Labute approximate surface area is 94.0 Å². The average Bonchev–Trinajstić information content (AvgIpc) is 2.49. The van der Waals surface area contributed by atoms with Crippen LogP contribution in [-0.2, 0) is 4.74 Å². The third-order valence-corrected chi connectivity index (χ3v) is 3.14. The van der Waals surface area contributed by atoms with Gasteiger partial charge in [0, 0.05) is 25.7 Å². The van der Waals surface area contributed by atoms with Gasteiger partial charge in [-0.15, -0.1) is 0 Å². The van der Waals surface area contributed by atoms with Gasteiger partial charge in [0.2, 0.25) is 0 Å². The third-order valence-electron chi connectivity index (χ3n) is 3.14. The molecule has 1 atom stereocenters.